The van der Waals surface area contributed by atoms with Crippen molar-refractivity contribution in [2.75, 3.05) is 0 Å². The molecule has 0 aliphatic carbocycles. The fraction of sp³-hybridized carbons (Fsp3) is 0.929. The van der Waals surface area contributed by atoms with E-state index < -0.39 is 0 Å². The third kappa shape index (κ3) is 2.65. The van der Waals surface area contributed by atoms with Gasteiger partial charge in [0.1, 0.15) is 6.10 Å². The summed E-state index contributed by atoms with van der Waals surface area (Å²) in [6.07, 6.45) is 1.81. The highest BCUT2D eigenvalue weighted by Gasteiger charge is 2.48. The number of Topliss-reactive ketones (excluding diaryl/α,β-unsaturated/α-hetero) is 1. The molecule has 2 nitrogen and oxygen atoms in total. The van der Waals surface area contributed by atoms with Gasteiger partial charge in [0.2, 0.25) is 0 Å². The topological polar surface area (TPSA) is 26.3 Å². The van der Waals surface area contributed by atoms with Gasteiger partial charge < -0.3 is 4.74 Å². The molecule has 2 heteroatoms. The number of rotatable bonds is 3. The molecule has 0 radical (unpaired) electrons. The molecule has 0 bridgehead atoms. The quantitative estimate of drug-likeness (QED) is 0.737. The van der Waals surface area contributed by atoms with Crippen LogP contribution in [0, 0.1) is 17.3 Å². The van der Waals surface area contributed by atoms with Crippen LogP contribution in [0.1, 0.15) is 54.4 Å². The molecular formula is C14H26O2. The number of carbonyl (C=O) groups excluding carboxylic acids is 1. The van der Waals surface area contributed by atoms with Crippen LogP contribution in [0.5, 0.6) is 0 Å². The first-order chi connectivity index (χ1) is 7.29. The zero-order chi connectivity index (χ0) is 12.5. The van der Waals surface area contributed by atoms with Gasteiger partial charge in [-0.05, 0) is 17.8 Å². The molecule has 0 amide bonds. The van der Waals surface area contributed by atoms with Gasteiger partial charge in [0.05, 0.1) is 6.10 Å². The van der Waals surface area contributed by atoms with E-state index in [1.165, 1.54) is 0 Å². The lowest BCUT2D eigenvalue weighted by atomic mass is 9.75. The van der Waals surface area contributed by atoms with Crippen molar-refractivity contribution in [2.24, 2.45) is 17.3 Å². The Hall–Kier alpha value is -0.370. The molecule has 1 aliphatic heterocycles. The van der Waals surface area contributed by atoms with E-state index in [1.807, 2.05) is 0 Å². The zero-order valence-corrected chi connectivity index (χ0v) is 11.5. The Balaban J connectivity index is 2.89. The number of hydrogen-bond acceptors (Lipinski definition) is 2. The number of hydrogen-bond donors (Lipinski definition) is 0. The van der Waals surface area contributed by atoms with Crippen molar-refractivity contribution in [3.63, 3.8) is 0 Å². The molecule has 94 valence electrons. The molecule has 3 unspecified atom stereocenters. The number of ketones is 1. The summed E-state index contributed by atoms with van der Waals surface area (Å²) in [6.45, 7) is 12.8. The van der Waals surface area contributed by atoms with E-state index >= 15 is 0 Å². The van der Waals surface area contributed by atoms with Crippen LogP contribution in [-0.2, 0) is 9.53 Å². The fourth-order valence-corrected chi connectivity index (χ4v) is 2.59. The first-order valence-electron chi connectivity index (χ1n) is 6.48. The predicted octanol–water partition coefficient (Wildman–Crippen LogP) is 3.44. The van der Waals surface area contributed by atoms with Crippen LogP contribution in [-0.4, -0.2) is 18.0 Å². The van der Waals surface area contributed by atoms with Crippen molar-refractivity contribution in [3.8, 4) is 0 Å². The monoisotopic (exact) mass is 226 g/mol. The Morgan fingerprint density at radius 3 is 2.19 bits per heavy atom. The SMILES string of the molecule is CCCC1OC(C(C)(C)C)C(C(C)C)C1=O. The Bertz CT molecular complexity index is 250. The summed E-state index contributed by atoms with van der Waals surface area (Å²) in [6, 6.07) is 0. The largest absolute Gasteiger partial charge is 0.366 e. The van der Waals surface area contributed by atoms with E-state index in [-0.39, 0.29) is 23.5 Å². The summed E-state index contributed by atoms with van der Waals surface area (Å²) >= 11 is 0. The first kappa shape index (κ1) is 13.7. The zero-order valence-electron chi connectivity index (χ0n) is 11.5. The van der Waals surface area contributed by atoms with Crippen LogP contribution in [0.15, 0.2) is 0 Å². The van der Waals surface area contributed by atoms with Crippen LogP contribution in [0.4, 0.5) is 0 Å². The standard InChI is InChI=1S/C14H26O2/c1-7-8-10-12(15)11(9(2)3)13(16-10)14(4,5)6/h9-11,13H,7-8H2,1-6H3. The molecule has 1 saturated heterocycles. The normalized spacial score (nSPS) is 31.4. The average Bonchev–Trinajstić information content (AvgIpc) is 2.44. The van der Waals surface area contributed by atoms with Crippen LogP contribution < -0.4 is 0 Å². The molecule has 3 atom stereocenters. The number of carbonyl (C=O) groups is 1. The first-order valence-corrected chi connectivity index (χ1v) is 6.48. The molecule has 0 aromatic carbocycles. The lowest BCUT2D eigenvalue weighted by Gasteiger charge is -2.32. The van der Waals surface area contributed by atoms with E-state index in [0.717, 1.165) is 12.8 Å². The van der Waals surface area contributed by atoms with Crippen LogP contribution in [0.3, 0.4) is 0 Å². The van der Waals surface area contributed by atoms with Crippen LogP contribution >= 0.6 is 0 Å². The summed E-state index contributed by atoms with van der Waals surface area (Å²) in [5.74, 6) is 0.784. The minimum absolute atomic E-state index is 0.0487. The van der Waals surface area contributed by atoms with E-state index in [4.69, 9.17) is 4.74 Å². The molecule has 0 saturated carbocycles. The molecule has 1 rings (SSSR count). The molecule has 0 aromatic rings. The Morgan fingerprint density at radius 2 is 1.88 bits per heavy atom. The molecule has 16 heavy (non-hydrogen) atoms. The summed E-state index contributed by atoms with van der Waals surface area (Å²) in [5, 5.41) is 0. The van der Waals surface area contributed by atoms with E-state index in [0.29, 0.717) is 11.7 Å². The van der Waals surface area contributed by atoms with Crippen molar-refractivity contribution < 1.29 is 9.53 Å². The average molecular weight is 226 g/mol. The Kier molecular flexibility index (Phi) is 4.17. The molecule has 1 aliphatic rings. The second-order valence-electron chi connectivity index (χ2n) is 6.37. The lowest BCUT2D eigenvalue weighted by Crippen LogP contribution is -2.36. The third-order valence-corrected chi connectivity index (χ3v) is 3.41. The predicted molar refractivity (Wildman–Crippen MR) is 66.4 cm³/mol. The molecule has 0 aromatic heterocycles. The highest BCUT2D eigenvalue weighted by Crippen LogP contribution is 2.40. The second-order valence-corrected chi connectivity index (χ2v) is 6.37. The van der Waals surface area contributed by atoms with Gasteiger partial charge in [-0.1, -0.05) is 48.0 Å². The van der Waals surface area contributed by atoms with E-state index in [2.05, 4.69) is 41.5 Å². The van der Waals surface area contributed by atoms with Crippen molar-refractivity contribution in [3.05, 3.63) is 0 Å². The van der Waals surface area contributed by atoms with Gasteiger partial charge in [-0.15, -0.1) is 0 Å². The van der Waals surface area contributed by atoms with Gasteiger partial charge in [0.25, 0.3) is 0 Å². The van der Waals surface area contributed by atoms with Gasteiger partial charge in [-0.3, -0.25) is 4.79 Å². The Morgan fingerprint density at radius 1 is 1.31 bits per heavy atom. The Labute approximate surface area is 99.8 Å². The molecule has 1 fully saturated rings. The maximum absolute atomic E-state index is 12.3. The summed E-state index contributed by atoms with van der Waals surface area (Å²) in [7, 11) is 0. The van der Waals surface area contributed by atoms with Gasteiger partial charge in [-0.2, -0.15) is 0 Å². The summed E-state index contributed by atoms with van der Waals surface area (Å²) in [5.41, 5.74) is 0.0487. The molecule has 0 spiro atoms. The van der Waals surface area contributed by atoms with E-state index in [9.17, 15) is 4.79 Å². The molecular weight excluding hydrogens is 200 g/mol. The second kappa shape index (κ2) is 4.87. The van der Waals surface area contributed by atoms with Crippen molar-refractivity contribution in [1.82, 2.24) is 0 Å². The highest BCUT2D eigenvalue weighted by molar-refractivity contribution is 5.88. The molecule has 0 N–H and O–H groups in total. The highest BCUT2D eigenvalue weighted by atomic mass is 16.5. The maximum Gasteiger partial charge on any atom is 0.167 e. The van der Waals surface area contributed by atoms with Gasteiger partial charge in [0.15, 0.2) is 5.78 Å². The van der Waals surface area contributed by atoms with Gasteiger partial charge in [0, 0.05) is 5.92 Å². The minimum atomic E-state index is -0.151. The number of ether oxygens (including phenoxy) is 1. The minimum Gasteiger partial charge on any atom is -0.366 e. The van der Waals surface area contributed by atoms with Crippen molar-refractivity contribution >= 4 is 5.78 Å². The lowest BCUT2D eigenvalue weighted by molar-refractivity contribution is -0.125. The van der Waals surface area contributed by atoms with Crippen molar-refractivity contribution in [1.29, 1.82) is 0 Å². The van der Waals surface area contributed by atoms with Gasteiger partial charge >= 0.3 is 0 Å². The van der Waals surface area contributed by atoms with Crippen LogP contribution in [0.2, 0.25) is 0 Å². The smallest absolute Gasteiger partial charge is 0.167 e. The van der Waals surface area contributed by atoms with E-state index in [1.54, 1.807) is 0 Å². The maximum atomic E-state index is 12.3. The summed E-state index contributed by atoms with van der Waals surface area (Å²) in [4.78, 5) is 12.3. The summed E-state index contributed by atoms with van der Waals surface area (Å²) < 4.78 is 6.00. The molecule has 1 heterocycles. The third-order valence-electron chi connectivity index (χ3n) is 3.41. The van der Waals surface area contributed by atoms with Gasteiger partial charge in [-0.25, -0.2) is 0 Å². The van der Waals surface area contributed by atoms with Crippen LogP contribution in [0.25, 0.3) is 0 Å². The van der Waals surface area contributed by atoms with Crippen molar-refractivity contribution in [2.45, 2.75) is 66.6 Å². The fourth-order valence-electron chi connectivity index (χ4n) is 2.59.